The smallest absolute Gasteiger partial charge is 0.257 e. The van der Waals surface area contributed by atoms with Crippen LogP contribution >= 0.6 is 46.4 Å². The van der Waals surface area contributed by atoms with Gasteiger partial charge in [-0.2, -0.15) is 0 Å². The second kappa shape index (κ2) is 10.1. The van der Waals surface area contributed by atoms with E-state index in [1.54, 1.807) is 41.3 Å². The number of benzene rings is 3. The molecule has 0 spiro atoms. The fourth-order valence-electron chi connectivity index (χ4n) is 4.68. The van der Waals surface area contributed by atoms with Gasteiger partial charge < -0.3 is 20.3 Å². The minimum Gasteiger partial charge on any atom is -0.378 e. The fourth-order valence-corrected chi connectivity index (χ4v) is 5.64. The number of rotatable bonds is 5. The molecule has 5 rings (SSSR count). The molecule has 6 nitrogen and oxygen atoms in total. The quantitative estimate of drug-likeness (QED) is 0.383. The molecular weight excluding hydrogens is 544 g/mol. The number of hydrogen-bond donors (Lipinski definition) is 2. The van der Waals surface area contributed by atoms with Gasteiger partial charge in [-0.05, 0) is 42.0 Å². The lowest BCUT2D eigenvalue weighted by atomic mass is 9.84. The molecule has 0 aliphatic carbocycles. The zero-order chi connectivity index (χ0) is 25.4. The Hall–Kier alpha value is -2.48. The van der Waals surface area contributed by atoms with Gasteiger partial charge in [-0.25, -0.2) is 0 Å². The van der Waals surface area contributed by atoms with Crippen molar-refractivity contribution in [1.29, 1.82) is 0 Å². The summed E-state index contributed by atoms with van der Waals surface area (Å²) >= 11 is 25.4. The van der Waals surface area contributed by atoms with Crippen LogP contribution in [-0.2, 0) is 21.5 Å². The van der Waals surface area contributed by atoms with Crippen LogP contribution in [-0.4, -0.2) is 43.0 Å². The summed E-state index contributed by atoms with van der Waals surface area (Å²) in [4.78, 5) is 28.9. The van der Waals surface area contributed by atoms with Gasteiger partial charge in [0, 0.05) is 45.8 Å². The molecule has 1 unspecified atom stereocenters. The van der Waals surface area contributed by atoms with Gasteiger partial charge >= 0.3 is 0 Å². The molecule has 2 amide bonds. The van der Waals surface area contributed by atoms with Gasteiger partial charge in [0.15, 0.2) is 0 Å². The highest BCUT2D eigenvalue weighted by Gasteiger charge is 2.48. The van der Waals surface area contributed by atoms with Crippen LogP contribution in [0.5, 0.6) is 0 Å². The molecule has 0 aromatic heterocycles. The minimum atomic E-state index is -1.29. The van der Waals surface area contributed by atoms with E-state index in [1.165, 1.54) is 6.07 Å². The van der Waals surface area contributed by atoms with Gasteiger partial charge in [0.2, 0.25) is 0 Å². The summed E-state index contributed by atoms with van der Waals surface area (Å²) in [5, 5.41) is 7.85. The van der Waals surface area contributed by atoms with Gasteiger partial charge in [-0.1, -0.05) is 64.6 Å². The van der Waals surface area contributed by atoms with E-state index in [4.69, 9.17) is 51.1 Å². The van der Waals surface area contributed by atoms with Crippen molar-refractivity contribution in [2.45, 2.75) is 12.0 Å². The highest BCUT2D eigenvalue weighted by atomic mass is 35.5. The number of ether oxygens (including phenoxy) is 1. The Balaban J connectivity index is 1.64. The van der Waals surface area contributed by atoms with E-state index in [0.29, 0.717) is 58.3 Å². The van der Waals surface area contributed by atoms with Crippen molar-refractivity contribution < 1.29 is 14.3 Å². The summed E-state index contributed by atoms with van der Waals surface area (Å²) < 4.78 is 5.39. The number of carbonyl (C=O) groups excluding carboxylic acids is 2. The predicted octanol–water partition coefficient (Wildman–Crippen LogP) is 6.27. The monoisotopic (exact) mass is 563 g/mol. The van der Waals surface area contributed by atoms with Gasteiger partial charge in [0.05, 0.1) is 29.5 Å². The van der Waals surface area contributed by atoms with Crippen LogP contribution < -0.4 is 10.6 Å². The molecule has 36 heavy (non-hydrogen) atoms. The molecular formula is C26H21Cl4N3O3. The van der Waals surface area contributed by atoms with Crippen LogP contribution in [0.25, 0.3) is 0 Å². The Bertz CT molecular complexity index is 1360. The minimum absolute atomic E-state index is 0.189. The van der Waals surface area contributed by atoms with E-state index in [-0.39, 0.29) is 28.8 Å². The van der Waals surface area contributed by atoms with E-state index in [0.717, 1.165) is 5.56 Å². The maximum absolute atomic E-state index is 13.7. The van der Waals surface area contributed by atoms with Crippen molar-refractivity contribution in [2.75, 3.05) is 36.9 Å². The van der Waals surface area contributed by atoms with Crippen molar-refractivity contribution in [3.8, 4) is 0 Å². The molecule has 2 aliphatic heterocycles. The lowest BCUT2D eigenvalue weighted by Crippen LogP contribution is -2.45. The topological polar surface area (TPSA) is 70.7 Å². The zero-order valence-corrected chi connectivity index (χ0v) is 21.9. The van der Waals surface area contributed by atoms with Crippen LogP contribution in [0.3, 0.4) is 0 Å². The zero-order valence-electron chi connectivity index (χ0n) is 18.9. The Morgan fingerprint density at radius 2 is 1.72 bits per heavy atom. The number of hydrogen-bond acceptors (Lipinski definition) is 4. The van der Waals surface area contributed by atoms with Crippen LogP contribution in [0, 0.1) is 0 Å². The number of nitrogens with zero attached hydrogens (tertiary/aromatic N) is 1. The van der Waals surface area contributed by atoms with Crippen molar-refractivity contribution in [3.05, 3.63) is 91.4 Å². The van der Waals surface area contributed by atoms with Gasteiger partial charge in [0.1, 0.15) is 5.54 Å². The molecule has 10 heteroatoms. The van der Waals surface area contributed by atoms with E-state index < -0.39 is 5.54 Å². The predicted molar refractivity (Wildman–Crippen MR) is 144 cm³/mol. The summed E-state index contributed by atoms with van der Waals surface area (Å²) in [6.45, 7) is 1.75. The highest BCUT2D eigenvalue weighted by Crippen LogP contribution is 2.44. The first-order valence-electron chi connectivity index (χ1n) is 11.3. The molecule has 0 saturated carbocycles. The number of halogens is 4. The second-order valence-electron chi connectivity index (χ2n) is 8.70. The molecule has 1 atom stereocenters. The molecule has 0 bridgehead atoms. The number of nitrogens with one attached hydrogen (secondary N) is 2. The highest BCUT2D eigenvalue weighted by molar-refractivity contribution is 6.38. The summed E-state index contributed by atoms with van der Waals surface area (Å²) in [6.07, 6.45) is 0.239. The number of fused-ring (bicyclic) bond motifs is 1. The molecule has 2 aliphatic rings. The fraction of sp³-hybridized carbons (Fsp3) is 0.231. The van der Waals surface area contributed by atoms with E-state index in [2.05, 4.69) is 10.6 Å². The van der Waals surface area contributed by atoms with Gasteiger partial charge in [0.25, 0.3) is 11.8 Å². The number of morpholine rings is 1. The van der Waals surface area contributed by atoms with Crippen molar-refractivity contribution in [2.24, 2.45) is 0 Å². The maximum atomic E-state index is 13.7. The van der Waals surface area contributed by atoms with E-state index >= 15 is 0 Å². The summed E-state index contributed by atoms with van der Waals surface area (Å²) in [7, 11) is 0. The van der Waals surface area contributed by atoms with Gasteiger partial charge in [-0.3, -0.25) is 9.59 Å². The Kier molecular flexibility index (Phi) is 7.07. The number of carbonyl (C=O) groups is 2. The Morgan fingerprint density at radius 1 is 0.972 bits per heavy atom. The van der Waals surface area contributed by atoms with Crippen molar-refractivity contribution in [3.63, 3.8) is 0 Å². The molecule has 3 aromatic carbocycles. The normalized spacial score (nSPS) is 19.1. The van der Waals surface area contributed by atoms with E-state index in [1.807, 2.05) is 12.1 Å². The number of amides is 2. The van der Waals surface area contributed by atoms with Crippen LogP contribution in [0.2, 0.25) is 20.1 Å². The Morgan fingerprint density at radius 3 is 2.47 bits per heavy atom. The molecule has 1 saturated heterocycles. The van der Waals surface area contributed by atoms with Crippen molar-refractivity contribution in [1.82, 2.24) is 4.90 Å². The third kappa shape index (κ3) is 4.76. The molecule has 0 radical (unpaired) electrons. The van der Waals surface area contributed by atoms with E-state index in [9.17, 15) is 9.59 Å². The first kappa shape index (κ1) is 25.2. The lowest BCUT2D eigenvalue weighted by molar-refractivity contribution is -0.119. The molecule has 3 aromatic rings. The van der Waals surface area contributed by atoms with Crippen molar-refractivity contribution >= 4 is 69.6 Å². The summed E-state index contributed by atoms with van der Waals surface area (Å²) in [6, 6.07) is 15.6. The second-order valence-corrected chi connectivity index (χ2v) is 10.4. The Labute approximate surface area is 228 Å². The largest absolute Gasteiger partial charge is 0.378 e. The average molecular weight is 565 g/mol. The van der Waals surface area contributed by atoms with Gasteiger partial charge in [-0.15, -0.1) is 0 Å². The standard InChI is InChI=1S/C26H21Cl4N3O3/c27-16-3-1-2-15(10-16)14-26(19-5-4-17(28)12-21(19)31-25(26)35)32-22-13-18(29)11-20(30)23(22)24(34)33-6-8-36-9-7-33/h1-5,10-13,32H,6-9,14H2,(H,31,35). The molecule has 186 valence electrons. The SMILES string of the molecule is O=C(c1c(Cl)cc(Cl)cc1NC1(Cc2cccc(Cl)c2)C(=O)Nc2cc(Cl)ccc21)N1CCOCC1. The third-order valence-corrected chi connectivity index (χ3v) is 7.34. The molecule has 1 fully saturated rings. The maximum Gasteiger partial charge on any atom is 0.257 e. The first-order chi connectivity index (χ1) is 17.3. The third-order valence-electron chi connectivity index (χ3n) is 6.35. The molecule has 2 N–H and O–H groups in total. The van der Waals surface area contributed by atoms with Crippen LogP contribution in [0.15, 0.2) is 54.6 Å². The molecule has 2 heterocycles. The average Bonchev–Trinajstić information content (AvgIpc) is 3.08. The number of anilines is 2. The summed E-state index contributed by atoms with van der Waals surface area (Å²) in [5.41, 5.74) is 1.38. The van der Waals surface area contributed by atoms with Crippen LogP contribution in [0.1, 0.15) is 21.5 Å². The summed E-state index contributed by atoms with van der Waals surface area (Å²) in [5.74, 6) is -0.573. The lowest BCUT2D eigenvalue weighted by Gasteiger charge is -2.33. The van der Waals surface area contributed by atoms with Crippen LogP contribution in [0.4, 0.5) is 11.4 Å². The first-order valence-corrected chi connectivity index (χ1v) is 12.8.